The largest absolute Gasteiger partial charge is 0.293 e. The number of aromatic nitrogens is 1. The Labute approximate surface area is 179 Å². The topological polar surface area (TPSA) is 47.0 Å². The van der Waals surface area contributed by atoms with E-state index in [-0.39, 0.29) is 10.8 Å². The third-order valence-electron chi connectivity index (χ3n) is 10.3. The molecule has 8 aliphatic rings. The van der Waals surface area contributed by atoms with E-state index >= 15 is 0 Å². The van der Waals surface area contributed by atoms with Crippen molar-refractivity contribution in [3.05, 3.63) is 29.6 Å². The van der Waals surface area contributed by atoms with Crippen molar-refractivity contribution in [3.63, 3.8) is 0 Å². The summed E-state index contributed by atoms with van der Waals surface area (Å²) in [6, 6.07) is 1.94. The molecule has 9 rings (SSSR count). The van der Waals surface area contributed by atoms with E-state index in [1.165, 1.54) is 38.5 Å². The third kappa shape index (κ3) is 2.53. The van der Waals surface area contributed by atoms with Crippen molar-refractivity contribution < 1.29 is 9.59 Å². The van der Waals surface area contributed by atoms with Gasteiger partial charge in [0.05, 0.1) is 0 Å². The summed E-state index contributed by atoms with van der Waals surface area (Å²) >= 11 is 0. The number of hydrogen-bond acceptors (Lipinski definition) is 3. The van der Waals surface area contributed by atoms with Crippen molar-refractivity contribution in [2.75, 3.05) is 0 Å². The molecule has 0 saturated heterocycles. The number of nitrogens with zero attached hydrogens (tertiary/aromatic N) is 1. The van der Waals surface area contributed by atoms with Gasteiger partial charge in [0.25, 0.3) is 0 Å². The third-order valence-corrected chi connectivity index (χ3v) is 10.3. The van der Waals surface area contributed by atoms with Gasteiger partial charge in [0.2, 0.25) is 0 Å². The smallest absolute Gasteiger partial charge is 0.170 e. The van der Waals surface area contributed by atoms with Gasteiger partial charge in [-0.05, 0) is 119 Å². The minimum atomic E-state index is -0.154. The molecule has 0 spiro atoms. The summed E-state index contributed by atoms with van der Waals surface area (Å²) in [7, 11) is 0. The average Bonchev–Trinajstić information content (AvgIpc) is 2.71. The molecular formula is C27H33NO2. The Morgan fingerprint density at radius 3 is 1.20 bits per heavy atom. The summed E-state index contributed by atoms with van der Waals surface area (Å²) in [5, 5.41) is 0. The van der Waals surface area contributed by atoms with Gasteiger partial charge in [-0.1, -0.05) is 0 Å². The minimum Gasteiger partial charge on any atom is -0.293 e. The first-order chi connectivity index (χ1) is 14.5. The molecule has 0 aromatic carbocycles. The summed E-state index contributed by atoms with van der Waals surface area (Å²) < 4.78 is 0. The molecule has 8 fully saturated rings. The lowest BCUT2D eigenvalue weighted by molar-refractivity contribution is -0.0357. The highest BCUT2D eigenvalue weighted by Gasteiger charge is 2.56. The zero-order valence-corrected chi connectivity index (χ0v) is 17.9. The van der Waals surface area contributed by atoms with Crippen LogP contribution in [0.1, 0.15) is 97.8 Å². The lowest BCUT2D eigenvalue weighted by Crippen LogP contribution is -2.50. The molecular weight excluding hydrogens is 370 g/mol. The molecule has 158 valence electrons. The molecule has 1 heterocycles. The van der Waals surface area contributed by atoms with Gasteiger partial charge < -0.3 is 0 Å². The number of pyridine rings is 1. The van der Waals surface area contributed by atoms with E-state index in [1.807, 2.05) is 6.07 Å². The Balaban J connectivity index is 1.19. The average molecular weight is 404 g/mol. The molecule has 8 bridgehead atoms. The lowest BCUT2D eigenvalue weighted by atomic mass is 9.48. The number of ketones is 2. The summed E-state index contributed by atoms with van der Waals surface area (Å²) in [5.41, 5.74) is 1.12. The van der Waals surface area contributed by atoms with E-state index in [0.29, 0.717) is 22.7 Å². The Kier molecular flexibility index (Phi) is 3.65. The second-order valence-corrected chi connectivity index (χ2v) is 12.5. The van der Waals surface area contributed by atoms with Crippen LogP contribution in [0.4, 0.5) is 0 Å². The summed E-state index contributed by atoms with van der Waals surface area (Å²) in [4.78, 5) is 32.0. The van der Waals surface area contributed by atoms with E-state index in [0.717, 1.165) is 74.0 Å². The highest BCUT2D eigenvalue weighted by atomic mass is 16.1. The van der Waals surface area contributed by atoms with E-state index in [1.54, 1.807) is 12.4 Å². The molecule has 0 amide bonds. The predicted octanol–water partition coefficient (Wildman–Crippen LogP) is 5.88. The molecule has 0 aliphatic heterocycles. The van der Waals surface area contributed by atoms with Crippen LogP contribution in [0.25, 0.3) is 0 Å². The molecule has 8 aliphatic carbocycles. The monoisotopic (exact) mass is 403 g/mol. The van der Waals surface area contributed by atoms with Crippen LogP contribution in [0.2, 0.25) is 0 Å². The van der Waals surface area contributed by atoms with E-state index in [9.17, 15) is 9.59 Å². The molecule has 3 heteroatoms. The fourth-order valence-corrected chi connectivity index (χ4v) is 10.1. The SMILES string of the molecule is O=C(c1cncc(C(=O)C23CC4CC(CC(C4)C2)C3)c1)C12CC3CC(CC(C3)C1)C2. The second-order valence-electron chi connectivity index (χ2n) is 12.5. The zero-order chi connectivity index (χ0) is 20.1. The van der Waals surface area contributed by atoms with E-state index < -0.39 is 0 Å². The molecule has 0 atom stereocenters. The Morgan fingerprint density at radius 1 is 0.600 bits per heavy atom. The van der Waals surface area contributed by atoms with Gasteiger partial charge in [-0.25, -0.2) is 0 Å². The molecule has 0 N–H and O–H groups in total. The number of Topliss-reactive ketones (excluding diaryl/α,β-unsaturated/α-hetero) is 2. The molecule has 3 nitrogen and oxygen atoms in total. The molecule has 8 saturated carbocycles. The van der Waals surface area contributed by atoms with Crippen molar-refractivity contribution in [1.82, 2.24) is 4.98 Å². The molecule has 0 unspecified atom stereocenters. The zero-order valence-electron chi connectivity index (χ0n) is 17.9. The standard InChI is InChI=1S/C27H33NO2/c29-24(26-8-16-1-17(9-26)3-18(2-16)10-26)22-7-23(15-28-14-22)25(30)27-11-19-4-20(12-27)6-21(5-19)13-27/h7,14-21H,1-6,8-13H2. The Morgan fingerprint density at radius 2 is 0.900 bits per heavy atom. The molecule has 1 aromatic rings. The minimum absolute atomic E-state index is 0.154. The summed E-state index contributed by atoms with van der Waals surface area (Å²) in [5.74, 6) is 5.13. The van der Waals surface area contributed by atoms with Gasteiger partial charge in [0, 0.05) is 34.4 Å². The molecule has 1 aromatic heterocycles. The van der Waals surface area contributed by atoms with Crippen molar-refractivity contribution in [2.45, 2.75) is 77.0 Å². The van der Waals surface area contributed by atoms with Crippen LogP contribution in [0.5, 0.6) is 0 Å². The van der Waals surface area contributed by atoms with Crippen molar-refractivity contribution in [2.24, 2.45) is 46.3 Å². The van der Waals surface area contributed by atoms with Crippen LogP contribution in [-0.2, 0) is 0 Å². The van der Waals surface area contributed by atoms with Crippen molar-refractivity contribution in [1.29, 1.82) is 0 Å². The maximum atomic E-state index is 13.8. The van der Waals surface area contributed by atoms with Gasteiger partial charge in [0.15, 0.2) is 11.6 Å². The van der Waals surface area contributed by atoms with Gasteiger partial charge in [-0.2, -0.15) is 0 Å². The normalized spacial score (nSPS) is 47.6. The first-order valence-corrected chi connectivity index (χ1v) is 12.5. The van der Waals surface area contributed by atoms with Crippen LogP contribution in [0, 0.1) is 46.3 Å². The fourth-order valence-electron chi connectivity index (χ4n) is 10.1. The highest BCUT2D eigenvalue weighted by molar-refractivity contribution is 6.05. The first kappa shape index (κ1) is 18.1. The quantitative estimate of drug-likeness (QED) is 0.590. The number of rotatable bonds is 4. The Bertz CT molecular complexity index is 789. The van der Waals surface area contributed by atoms with E-state index in [4.69, 9.17) is 0 Å². The second kappa shape index (κ2) is 6.04. The Hall–Kier alpha value is -1.51. The predicted molar refractivity (Wildman–Crippen MR) is 114 cm³/mol. The van der Waals surface area contributed by atoms with Crippen LogP contribution >= 0.6 is 0 Å². The number of carbonyl (C=O) groups excluding carboxylic acids is 2. The van der Waals surface area contributed by atoms with Gasteiger partial charge in [0.1, 0.15) is 0 Å². The summed E-state index contributed by atoms with van der Waals surface area (Å²) in [6.45, 7) is 0. The van der Waals surface area contributed by atoms with Gasteiger partial charge in [-0.15, -0.1) is 0 Å². The van der Waals surface area contributed by atoms with Crippen molar-refractivity contribution in [3.8, 4) is 0 Å². The summed E-state index contributed by atoms with van der Waals surface area (Å²) in [6.07, 6.45) is 18.0. The maximum absolute atomic E-state index is 13.8. The molecule has 0 radical (unpaired) electrons. The van der Waals surface area contributed by atoms with E-state index in [2.05, 4.69) is 4.98 Å². The van der Waals surface area contributed by atoms with Crippen LogP contribution in [-0.4, -0.2) is 16.6 Å². The maximum Gasteiger partial charge on any atom is 0.170 e. The molecule has 30 heavy (non-hydrogen) atoms. The van der Waals surface area contributed by atoms with Gasteiger partial charge >= 0.3 is 0 Å². The highest BCUT2D eigenvalue weighted by Crippen LogP contribution is 2.62. The number of hydrogen-bond donors (Lipinski definition) is 0. The van der Waals surface area contributed by atoms with Crippen LogP contribution in [0.15, 0.2) is 18.5 Å². The van der Waals surface area contributed by atoms with Crippen molar-refractivity contribution >= 4 is 11.6 Å². The fraction of sp³-hybridized carbons (Fsp3) is 0.741. The van der Waals surface area contributed by atoms with Crippen LogP contribution in [0.3, 0.4) is 0 Å². The van der Waals surface area contributed by atoms with Gasteiger partial charge in [-0.3, -0.25) is 14.6 Å². The first-order valence-electron chi connectivity index (χ1n) is 12.5. The lowest BCUT2D eigenvalue weighted by Gasteiger charge is -2.56. The van der Waals surface area contributed by atoms with Crippen LogP contribution < -0.4 is 0 Å². The number of carbonyl (C=O) groups is 2.